The Hall–Kier alpha value is -2.26. The maximum atomic E-state index is 11.0. The first kappa shape index (κ1) is 16.6. The first-order chi connectivity index (χ1) is 11.4. The fraction of sp³-hybridized carbons (Fsp3) is 0.188. The van der Waals surface area contributed by atoms with Crippen LogP contribution in [0.15, 0.2) is 47.4 Å². The summed E-state index contributed by atoms with van der Waals surface area (Å²) in [4.78, 5) is 13.4. The van der Waals surface area contributed by atoms with Crippen molar-refractivity contribution in [2.24, 2.45) is 0 Å². The number of carboxylic acid groups (broad SMARTS) is 1. The van der Waals surface area contributed by atoms with Crippen LogP contribution in [0.25, 0.3) is 0 Å². The van der Waals surface area contributed by atoms with E-state index in [-0.39, 0.29) is 5.56 Å². The molecule has 7 nitrogen and oxygen atoms in total. The van der Waals surface area contributed by atoms with E-state index in [9.17, 15) is 13.9 Å². The number of nitrogens with zero attached hydrogens (tertiary/aromatic N) is 1. The molecule has 2 aromatic carbocycles. The average Bonchev–Trinajstić information content (AvgIpc) is 2.56. The minimum Gasteiger partial charge on any atom is -0.478 e. The highest BCUT2D eigenvalue weighted by molar-refractivity contribution is 8.22. The maximum Gasteiger partial charge on any atom is 0.335 e. The number of rotatable bonds is 4. The number of nitrogens with one attached hydrogen (secondary N) is 1. The zero-order chi connectivity index (χ0) is 17.3. The van der Waals surface area contributed by atoms with E-state index in [4.69, 9.17) is 9.84 Å². The molecule has 1 aliphatic rings. The van der Waals surface area contributed by atoms with Crippen LogP contribution in [0.4, 0.5) is 5.69 Å². The van der Waals surface area contributed by atoms with Gasteiger partial charge in [0, 0.05) is 12.6 Å². The Morgan fingerprint density at radius 2 is 2.00 bits per heavy atom. The van der Waals surface area contributed by atoms with Gasteiger partial charge in [-0.1, -0.05) is 6.07 Å². The lowest BCUT2D eigenvalue weighted by molar-refractivity contribution is 0.0696. The fourth-order valence-electron chi connectivity index (χ4n) is 2.49. The number of aromatic carboxylic acids is 1. The number of carboxylic acids is 1. The van der Waals surface area contributed by atoms with Crippen LogP contribution in [0.5, 0.6) is 11.5 Å². The molecule has 0 saturated heterocycles. The number of carbonyl (C=O) groups is 1. The summed E-state index contributed by atoms with van der Waals surface area (Å²) in [7, 11) is -3.09. The lowest BCUT2D eigenvalue weighted by atomic mass is 10.2. The van der Waals surface area contributed by atoms with Gasteiger partial charge in [0.05, 0.1) is 17.9 Å². The fourth-order valence-corrected chi connectivity index (χ4v) is 3.75. The van der Waals surface area contributed by atoms with Crippen molar-refractivity contribution in [1.82, 2.24) is 4.72 Å². The van der Waals surface area contributed by atoms with Crippen LogP contribution in [0.3, 0.4) is 0 Å². The van der Waals surface area contributed by atoms with Gasteiger partial charge >= 0.3 is 5.97 Å². The van der Waals surface area contributed by atoms with Gasteiger partial charge in [-0.3, -0.25) is 9.11 Å². The molecule has 4 N–H and O–H groups in total. The van der Waals surface area contributed by atoms with E-state index in [2.05, 4.69) is 4.72 Å². The Bertz CT molecular complexity index is 781. The number of hydrogen-bond donors (Lipinski definition) is 4. The zero-order valence-electron chi connectivity index (χ0n) is 13.0. The van der Waals surface area contributed by atoms with Crippen LogP contribution < -0.4 is 14.4 Å². The number of hydrogen-bond acceptors (Lipinski definition) is 6. The summed E-state index contributed by atoms with van der Waals surface area (Å²) in [5.74, 6) is -0.277. The Morgan fingerprint density at radius 1 is 1.25 bits per heavy atom. The quantitative estimate of drug-likeness (QED) is 0.668. The third kappa shape index (κ3) is 3.17. The standard InChI is InChI=1S/C16H18N2O5S/c1-2-18-10-17-24(21,22)15-9-13(6-7-14(15)18)23-12-5-3-4-11(8-12)16(19)20/h3-9,17,21-22H,2,10H2,1H3,(H,19,20). The Kier molecular flexibility index (Phi) is 4.37. The molecule has 0 fully saturated rings. The van der Waals surface area contributed by atoms with E-state index >= 15 is 0 Å². The molecule has 0 aliphatic carbocycles. The van der Waals surface area contributed by atoms with Crippen molar-refractivity contribution < 1.29 is 23.7 Å². The van der Waals surface area contributed by atoms with E-state index in [1.807, 2.05) is 11.8 Å². The number of fused-ring (bicyclic) bond motifs is 1. The van der Waals surface area contributed by atoms with Gasteiger partial charge in [-0.2, -0.15) is 4.72 Å². The Morgan fingerprint density at radius 3 is 2.71 bits per heavy atom. The predicted octanol–water partition coefficient (Wildman–Crippen LogP) is 3.59. The van der Waals surface area contributed by atoms with E-state index < -0.39 is 16.7 Å². The largest absolute Gasteiger partial charge is 0.478 e. The minimum absolute atomic E-state index is 0.119. The highest BCUT2D eigenvalue weighted by atomic mass is 32.3. The van der Waals surface area contributed by atoms with E-state index in [1.54, 1.807) is 30.3 Å². The predicted molar refractivity (Wildman–Crippen MR) is 92.1 cm³/mol. The van der Waals surface area contributed by atoms with Crippen molar-refractivity contribution in [3.05, 3.63) is 48.0 Å². The van der Waals surface area contributed by atoms with E-state index in [1.165, 1.54) is 12.1 Å². The van der Waals surface area contributed by atoms with E-state index in [0.29, 0.717) is 23.1 Å². The van der Waals surface area contributed by atoms with Gasteiger partial charge in [0.25, 0.3) is 0 Å². The third-order valence-electron chi connectivity index (χ3n) is 3.73. The molecule has 1 heterocycles. The van der Waals surface area contributed by atoms with Crippen LogP contribution in [-0.2, 0) is 0 Å². The molecule has 128 valence electrons. The molecule has 0 aromatic heterocycles. The Balaban J connectivity index is 1.93. The summed E-state index contributed by atoms with van der Waals surface area (Å²) in [5, 5.41) is 9.03. The van der Waals surface area contributed by atoms with Gasteiger partial charge in [0.2, 0.25) is 0 Å². The third-order valence-corrected chi connectivity index (χ3v) is 5.21. The second kappa shape index (κ2) is 6.33. The molecule has 0 radical (unpaired) electrons. The summed E-state index contributed by atoms with van der Waals surface area (Å²) in [6.45, 7) is 3.05. The van der Waals surface area contributed by atoms with Crippen molar-refractivity contribution in [1.29, 1.82) is 0 Å². The summed E-state index contributed by atoms with van der Waals surface area (Å²) >= 11 is 0. The summed E-state index contributed by atoms with van der Waals surface area (Å²) in [5.41, 5.74) is 0.858. The molecule has 0 spiro atoms. The summed E-state index contributed by atoms with van der Waals surface area (Å²) in [6.07, 6.45) is 0. The van der Waals surface area contributed by atoms with Gasteiger partial charge in [0.1, 0.15) is 16.4 Å². The molecule has 2 aromatic rings. The van der Waals surface area contributed by atoms with Crippen LogP contribution >= 0.6 is 10.8 Å². The second-order valence-corrected chi connectivity index (χ2v) is 7.10. The number of benzene rings is 2. The lowest BCUT2D eigenvalue weighted by Gasteiger charge is -2.43. The van der Waals surface area contributed by atoms with Crippen LogP contribution in [0.2, 0.25) is 0 Å². The van der Waals surface area contributed by atoms with Gasteiger partial charge in [0.15, 0.2) is 0 Å². The SMILES string of the molecule is CCN1CNS(O)(O)c2cc(Oc3cccc(C(=O)O)c3)ccc21. The molecule has 0 amide bonds. The molecular weight excluding hydrogens is 332 g/mol. The molecule has 0 saturated carbocycles. The van der Waals surface area contributed by atoms with Crippen molar-refractivity contribution in [3.63, 3.8) is 0 Å². The molecule has 24 heavy (non-hydrogen) atoms. The topological polar surface area (TPSA) is 102 Å². The van der Waals surface area contributed by atoms with E-state index in [0.717, 1.165) is 12.2 Å². The summed E-state index contributed by atoms with van der Waals surface area (Å²) in [6, 6.07) is 11.2. The highest BCUT2D eigenvalue weighted by Crippen LogP contribution is 2.52. The molecular formula is C16H18N2O5S. The molecule has 0 bridgehead atoms. The molecule has 3 rings (SSSR count). The van der Waals surface area contributed by atoms with Gasteiger partial charge in [-0.05, 0) is 37.3 Å². The molecule has 0 atom stereocenters. The maximum absolute atomic E-state index is 11.0. The normalized spacial score (nSPS) is 17.0. The van der Waals surface area contributed by atoms with Crippen LogP contribution in [0, 0.1) is 0 Å². The van der Waals surface area contributed by atoms with Crippen LogP contribution in [-0.4, -0.2) is 33.4 Å². The highest BCUT2D eigenvalue weighted by Gasteiger charge is 2.28. The Labute approximate surface area is 141 Å². The van der Waals surface area contributed by atoms with Crippen molar-refractivity contribution in [3.8, 4) is 11.5 Å². The van der Waals surface area contributed by atoms with Crippen LogP contribution in [0.1, 0.15) is 17.3 Å². The first-order valence-corrected chi connectivity index (χ1v) is 8.88. The van der Waals surface area contributed by atoms with Gasteiger partial charge in [-0.25, -0.2) is 4.79 Å². The zero-order valence-corrected chi connectivity index (χ0v) is 13.8. The number of ether oxygens (including phenoxy) is 1. The molecule has 0 unspecified atom stereocenters. The summed E-state index contributed by atoms with van der Waals surface area (Å²) < 4.78 is 28.8. The molecule has 1 aliphatic heterocycles. The van der Waals surface area contributed by atoms with Crippen molar-refractivity contribution in [2.75, 3.05) is 18.1 Å². The van der Waals surface area contributed by atoms with Crippen molar-refractivity contribution >= 4 is 22.4 Å². The number of anilines is 1. The smallest absolute Gasteiger partial charge is 0.335 e. The average molecular weight is 350 g/mol. The first-order valence-electron chi connectivity index (χ1n) is 7.34. The molecule has 8 heteroatoms. The minimum atomic E-state index is -3.09. The van der Waals surface area contributed by atoms with Gasteiger partial charge in [-0.15, -0.1) is 10.8 Å². The lowest BCUT2D eigenvalue weighted by Crippen LogP contribution is -2.40. The second-order valence-electron chi connectivity index (χ2n) is 5.27. The monoisotopic (exact) mass is 350 g/mol. The van der Waals surface area contributed by atoms with Crippen molar-refractivity contribution in [2.45, 2.75) is 11.8 Å². The van der Waals surface area contributed by atoms with Gasteiger partial charge < -0.3 is 14.7 Å².